The van der Waals surface area contributed by atoms with Crippen molar-refractivity contribution in [1.82, 2.24) is 4.90 Å². The first-order valence-electron chi connectivity index (χ1n) is 6.81. The van der Waals surface area contributed by atoms with Gasteiger partial charge >= 0.3 is 0 Å². The van der Waals surface area contributed by atoms with Gasteiger partial charge in [-0.2, -0.15) is 11.8 Å². The molecule has 3 nitrogen and oxygen atoms in total. The number of para-hydroxylation sites is 1. The molecule has 0 radical (unpaired) electrons. The lowest BCUT2D eigenvalue weighted by molar-refractivity contribution is 0.0758. The summed E-state index contributed by atoms with van der Waals surface area (Å²) in [4.78, 5) is 14.2. The second-order valence-electron chi connectivity index (χ2n) is 4.81. The zero-order valence-corrected chi connectivity index (χ0v) is 13.4. The van der Waals surface area contributed by atoms with Gasteiger partial charge in [0.05, 0.1) is 11.3 Å². The molecule has 0 bridgehead atoms. The van der Waals surface area contributed by atoms with E-state index >= 15 is 0 Å². The van der Waals surface area contributed by atoms with E-state index in [1.54, 1.807) is 35.8 Å². The monoisotopic (exact) mass is 298 g/mol. The number of hydrogen-bond acceptors (Lipinski definition) is 3. The number of nitrogens with one attached hydrogen (secondary N) is 1. The molecule has 1 N–H and O–H groups in total. The van der Waals surface area contributed by atoms with Crippen molar-refractivity contribution in [1.29, 1.82) is 0 Å². The summed E-state index contributed by atoms with van der Waals surface area (Å²) >= 11 is 1.69. The highest BCUT2D eigenvalue weighted by molar-refractivity contribution is 7.98. The van der Waals surface area contributed by atoms with Crippen LogP contribution in [0.2, 0.25) is 0 Å². The number of carbonyl (C=O) groups excluding carboxylic acids is 1. The maximum atomic E-state index is 13.9. The van der Waals surface area contributed by atoms with E-state index in [0.717, 1.165) is 12.2 Å². The van der Waals surface area contributed by atoms with Gasteiger partial charge in [-0.1, -0.05) is 13.0 Å². The Morgan fingerprint density at radius 2 is 2.20 bits per heavy atom. The average Bonchev–Trinajstić information content (AvgIpc) is 2.44. The van der Waals surface area contributed by atoms with E-state index in [4.69, 9.17) is 0 Å². The number of amides is 1. The van der Waals surface area contributed by atoms with Gasteiger partial charge in [-0.25, -0.2) is 4.39 Å². The lowest BCUT2D eigenvalue weighted by Gasteiger charge is -2.25. The molecule has 1 amide bonds. The van der Waals surface area contributed by atoms with Crippen molar-refractivity contribution in [2.75, 3.05) is 30.9 Å². The molecule has 20 heavy (non-hydrogen) atoms. The summed E-state index contributed by atoms with van der Waals surface area (Å²) in [6.07, 6.45) is 2.88. The minimum Gasteiger partial charge on any atom is -0.382 e. The first-order chi connectivity index (χ1) is 9.52. The third-order valence-corrected chi connectivity index (χ3v) is 4.00. The fraction of sp³-hybridized carbons (Fsp3) is 0.533. The van der Waals surface area contributed by atoms with E-state index in [1.165, 1.54) is 6.07 Å². The molecule has 1 atom stereocenters. The highest BCUT2D eigenvalue weighted by Crippen LogP contribution is 2.22. The summed E-state index contributed by atoms with van der Waals surface area (Å²) in [5, 5.41) is 3.01. The number of halogens is 1. The van der Waals surface area contributed by atoms with Gasteiger partial charge in [0.2, 0.25) is 0 Å². The summed E-state index contributed by atoms with van der Waals surface area (Å²) in [6, 6.07) is 4.73. The van der Waals surface area contributed by atoms with Gasteiger partial charge in [0.15, 0.2) is 0 Å². The zero-order valence-electron chi connectivity index (χ0n) is 12.6. The van der Waals surface area contributed by atoms with Gasteiger partial charge < -0.3 is 10.2 Å². The third-order valence-electron chi connectivity index (χ3n) is 3.19. The zero-order chi connectivity index (χ0) is 15.1. The van der Waals surface area contributed by atoms with Crippen molar-refractivity contribution in [3.05, 3.63) is 29.6 Å². The van der Waals surface area contributed by atoms with Gasteiger partial charge in [-0.15, -0.1) is 0 Å². The minimum absolute atomic E-state index is 0.111. The number of carbonyl (C=O) groups is 1. The molecule has 5 heteroatoms. The van der Waals surface area contributed by atoms with Crippen molar-refractivity contribution in [3.63, 3.8) is 0 Å². The first-order valence-corrected chi connectivity index (χ1v) is 8.20. The van der Waals surface area contributed by atoms with Gasteiger partial charge in [0, 0.05) is 25.4 Å². The molecule has 0 aliphatic carbocycles. The Hall–Kier alpha value is -1.23. The van der Waals surface area contributed by atoms with Crippen molar-refractivity contribution in [2.45, 2.75) is 26.3 Å². The first kappa shape index (κ1) is 16.8. The van der Waals surface area contributed by atoms with Crippen LogP contribution >= 0.6 is 11.8 Å². The number of rotatable bonds is 7. The quantitative estimate of drug-likeness (QED) is 0.836. The van der Waals surface area contributed by atoms with Crippen LogP contribution in [0.4, 0.5) is 10.1 Å². The molecule has 0 saturated heterocycles. The lowest BCUT2D eigenvalue weighted by atomic mass is 10.1. The Kier molecular flexibility index (Phi) is 6.85. The van der Waals surface area contributed by atoms with Gasteiger partial charge in [0.25, 0.3) is 5.91 Å². The van der Waals surface area contributed by atoms with Crippen LogP contribution < -0.4 is 5.32 Å². The minimum atomic E-state index is -0.379. The Bertz CT molecular complexity index is 453. The van der Waals surface area contributed by atoms with E-state index < -0.39 is 0 Å². The molecule has 0 aromatic heterocycles. The van der Waals surface area contributed by atoms with Crippen molar-refractivity contribution >= 4 is 23.4 Å². The Morgan fingerprint density at radius 3 is 2.80 bits per heavy atom. The molecule has 0 aliphatic rings. The predicted molar refractivity (Wildman–Crippen MR) is 85.1 cm³/mol. The topological polar surface area (TPSA) is 32.3 Å². The van der Waals surface area contributed by atoms with Crippen LogP contribution in [0.1, 0.15) is 30.6 Å². The summed E-state index contributed by atoms with van der Waals surface area (Å²) in [6.45, 7) is 4.64. The van der Waals surface area contributed by atoms with E-state index in [0.29, 0.717) is 17.8 Å². The van der Waals surface area contributed by atoms with E-state index in [-0.39, 0.29) is 17.8 Å². The van der Waals surface area contributed by atoms with Crippen LogP contribution in [0.15, 0.2) is 18.2 Å². The molecule has 0 heterocycles. The summed E-state index contributed by atoms with van der Waals surface area (Å²) in [5.41, 5.74) is 0.705. The van der Waals surface area contributed by atoms with Crippen LogP contribution in [0, 0.1) is 5.82 Å². The fourth-order valence-corrected chi connectivity index (χ4v) is 2.58. The molecule has 1 aromatic carbocycles. The van der Waals surface area contributed by atoms with E-state index in [2.05, 4.69) is 5.32 Å². The third kappa shape index (κ3) is 4.13. The average molecular weight is 298 g/mol. The second kappa shape index (κ2) is 8.15. The highest BCUT2D eigenvalue weighted by atomic mass is 32.2. The molecule has 112 valence electrons. The largest absolute Gasteiger partial charge is 0.382 e. The molecule has 0 saturated carbocycles. The number of benzene rings is 1. The number of anilines is 1. The predicted octanol–water partition coefficient (Wildman–Crippen LogP) is 3.47. The summed E-state index contributed by atoms with van der Waals surface area (Å²) < 4.78 is 13.9. The second-order valence-corrected chi connectivity index (χ2v) is 5.72. The number of hydrogen-bond donors (Lipinski definition) is 1. The Morgan fingerprint density at radius 1 is 1.50 bits per heavy atom. The van der Waals surface area contributed by atoms with Crippen LogP contribution in [0.25, 0.3) is 0 Å². The summed E-state index contributed by atoms with van der Waals surface area (Å²) in [7, 11) is 1.76. The molecule has 0 fully saturated rings. The molecule has 1 aromatic rings. The summed E-state index contributed by atoms with van der Waals surface area (Å²) in [5.74, 6) is 0.329. The van der Waals surface area contributed by atoms with Crippen LogP contribution in [0.5, 0.6) is 0 Å². The standard InChI is InChI=1S/C15H23FN2OS/c1-5-9-17-14-12(7-6-8-13(14)16)15(19)18(3)11(2)10-20-4/h6-8,11,17H,5,9-10H2,1-4H3. The van der Waals surface area contributed by atoms with Crippen molar-refractivity contribution in [3.8, 4) is 0 Å². The Labute approximate surface area is 124 Å². The fourth-order valence-electron chi connectivity index (χ4n) is 1.88. The van der Waals surface area contributed by atoms with E-state index in [9.17, 15) is 9.18 Å². The molecule has 1 rings (SSSR count). The smallest absolute Gasteiger partial charge is 0.256 e. The number of thioether (sulfide) groups is 1. The Balaban J connectivity index is 2.99. The van der Waals surface area contributed by atoms with E-state index in [1.807, 2.05) is 20.1 Å². The van der Waals surface area contributed by atoms with Crippen molar-refractivity contribution in [2.24, 2.45) is 0 Å². The molecular weight excluding hydrogens is 275 g/mol. The molecule has 0 spiro atoms. The normalized spacial score (nSPS) is 12.1. The maximum Gasteiger partial charge on any atom is 0.256 e. The molecule has 0 aliphatic heterocycles. The maximum absolute atomic E-state index is 13.9. The van der Waals surface area contributed by atoms with Gasteiger partial charge in [-0.3, -0.25) is 4.79 Å². The van der Waals surface area contributed by atoms with Crippen molar-refractivity contribution < 1.29 is 9.18 Å². The molecular formula is C15H23FN2OS. The number of nitrogens with zero attached hydrogens (tertiary/aromatic N) is 1. The molecule has 1 unspecified atom stereocenters. The van der Waals surface area contributed by atoms with Crippen LogP contribution in [-0.2, 0) is 0 Å². The van der Waals surface area contributed by atoms with Crippen LogP contribution in [0.3, 0.4) is 0 Å². The van der Waals surface area contributed by atoms with Gasteiger partial charge in [-0.05, 0) is 31.7 Å². The SMILES string of the molecule is CCCNc1c(F)cccc1C(=O)N(C)C(C)CSC. The highest BCUT2D eigenvalue weighted by Gasteiger charge is 2.21. The van der Waals surface area contributed by atoms with Gasteiger partial charge in [0.1, 0.15) is 5.82 Å². The lowest BCUT2D eigenvalue weighted by Crippen LogP contribution is -2.37. The van der Waals surface area contributed by atoms with Crippen LogP contribution in [-0.4, -0.2) is 42.4 Å².